The van der Waals surface area contributed by atoms with Crippen molar-refractivity contribution >= 4 is 5.91 Å². The number of carbonyl (C=O) groups excluding carboxylic acids is 1. The molecular weight excluding hydrogens is 328 g/mol. The molecule has 1 aromatic carbocycles. The van der Waals surface area contributed by atoms with Crippen LogP contribution in [0.15, 0.2) is 36.8 Å². The molecular formula is C18H19F2N3O2. The van der Waals surface area contributed by atoms with Gasteiger partial charge in [0.15, 0.2) is 0 Å². The second-order valence-electron chi connectivity index (χ2n) is 6.68. The van der Waals surface area contributed by atoms with Crippen LogP contribution in [0.4, 0.5) is 8.78 Å². The van der Waals surface area contributed by atoms with Crippen LogP contribution in [0.3, 0.4) is 0 Å². The number of hydrogen-bond donors (Lipinski definition) is 1. The topological polar surface area (TPSA) is 56.2 Å². The highest BCUT2D eigenvalue weighted by Crippen LogP contribution is 2.48. The lowest BCUT2D eigenvalue weighted by Crippen LogP contribution is -2.41. The van der Waals surface area contributed by atoms with Crippen LogP contribution in [0.1, 0.15) is 30.0 Å². The van der Waals surface area contributed by atoms with Crippen LogP contribution < -0.4 is 10.1 Å². The Kier molecular flexibility index (Phi) is 4.15. The minimum atomic E-state index is -2.82. The molecule has 1 saturated carbocycles. The first-order valence-electron chi connectivity index (χ1n) is 8.44. The van der Waals surface area contributed by atoms with Crippen LogP contribution in [0.5, 0.6) is 5.75 Å². The van der Waals surface area contributed by atoms with Gasteiger partial charge in [0.1, 0.15) is 5.75 Å². The molecule has 1 aliphatic carbocycles. The molecule has 5 nitrogen and oxygen atoms in total. The highest BCUT2D eigenvalue weighted by molar-refractivity contribution is 5.83. The van der Waals surface area contributed by atoms with Crippen LogP contribution in [-0.4, -0.2) is 28.1 Å². The second kappa shape index (κ2) is 6.46. The molecule has 2 heterocycles. The molecule has 3 atom stereocenters. The van der Waals surface area contributed by atoms with Crippen molar-refractivity contribution in [1.82, 2.24) is 14.9 Å². The van der Waals surface area contributed by atoms with Crippen molar-refractivity contribution in [3.8, 4) is 5.75 Å². The molecule has 1 aromatic heterocycles. The molecule has 7 heteroatoms. The van der Waals surface area contributed by atoms with E-state index in [0.29, 0.717) is 0 Å². The molecule has 0 bridgehead atoms. The molecule has 1 fully saturated rings. The summed E-state index contributed by atoms with van der Waals surface area (Å²) in [5.74, 6) is 0.337. The van der Waals surface area contributed by atoms with Crippen LogP contribution in [0.2, 0.25) is 0 Å². The van der Waals surface area contributed by atoms with Gasteiger partial charge in [-0.3, -0.25) is 4.79 Å². The molecule has 1 unspecified atom stereocenters. The van der Waals surface area contributed by atoms with Crippen molar-refractivity contribution in [3.05, 3.63) is 48.0 Å². The summed E-state index contributed by atoms with van der Waals surface area (Å²) < 4.78 is 30.8. The van der Waals surface area contributed by atoms with Crippen molar-refractivity contribution in [2.75, 3.05) is 0 Å². The first-order chi connectivity index (χ1) is 12.1. The van der Waals surface area contributed by atoms with Gasteiger partial charge in [0, 0.05) is 30.4 Å². The third-order valence-electron chi connectivity index (χ3n) is 4.97. The summed E-state index contributed by atoms with van der Waals surface area (Å²) in [5, 5.41) is 3.14. The predicted molar refractivity (Wildman–Crippen MR) is 86.4 cm³/mol. The number of benzene rings is 1. The molecule has 25 heavy (non-hydrogen) atoms. The van der Waals surface area contributed by atoms with E-state index in [0.717, 1.165) is 31.4 Å². The largest absolute Gasteiger partial charge is 0.435 e. The van der Waals surface area contributed by atoms with Gasteiger partial charge in [-0.15, -0.1) is 0 Å². The van der Waals surface area contributed by atoms with E-state index in [-0.39, 0.29) is 29.5 Å². The smallest absolute Gasteiger partial charge is 0.387 e. The molecule has 2 aliphatic rings. The molecule has 0 radical (unpaired) electrons. The first-order valence-corrected chi connectivity index (χ1v) is 8.44. The quantitative estimate of drug-likeness (QED) is 0.905. The first kappa shape index (κ1) is 16.1. The Morgan fingerprint density at radius 1 is 1.32 bits per heavy atom. The lowest BCUT2D eigenvalue weighted by Gasteiger charge is -2.25. The van der Waals surface area contributed by atoms with Gasteiger partial charge in [0.05, 0.1) is 6.33 Å². The van der Waals surface area contributed by atoms with E-state index < -0.39 is 6.61 Å². The number of aryl methyl sites for hydroxylation is 1. The summed E-state index contributed by atoms with van der Waals surface area (Å²) in [5.41, 5.74) is 2.20. The van der Waals surface area contributed by atoms with E-state index in [1.165, 1.54) is 17.8 Å². The fraction of sp³-hybridized carbons (Fsp3) is 0.444. The molecule has 4 rings (SSSR count). The number of nitrogens with zero attached hydrogens (tertiary/aromatic N) is 2. The number of aromatic nitrogens is 2. The summed E-state index contributed by atoms with van der Waals surface area (Å²) in [4.78, 5) is 16.6. The van der Waals surface area contributed by atoms with Crippen molar-refractivity contribution in [3.63, 3.8) is 0 Å². The third-order valence-corrected chi connectivity index (χ3v) is 4.97. The Balaban J connectivity index is 1.31. The normalized spacial score (nSPS) is 24.7. The Hall–Kier alpha value is -2.44. The van der Waals surface area contributed by atoms with Gasteiger partial charge in [-0.05, 0) is 42.9 Å². The fourth-order valence-electron chi connectivity index (χ4n) is 3.55. The zero-order valence-corrected chi connectivity index (χ0v) is 13.6. The molecule has 132 valence electrons. The zero-order chi connectivity index (χ0) is 17.4. The molecule has 1 aliphatic heterocycles. The Bertz CT molecular complexity index is 760. The third kappa shape index (κ3) is 3.50. The average molecular weight is 347 g/mol. The van der Waals surface area contributed by atoms with E-state index in [4.69, 9.17) is 0 Å². The van der Waals surface area contributed by atoms with Crippen LogP contribution >= 0.6 is 0 Å². The number of fused-ring (bicyclic) bond motifs is 1. The van der Waals surface area contributed by atoms with E-state index >= 15 is 0 Å². The van der Waals surface area contributed by atoms with Crippen molar-refractivity contribution in [2.24, 2.45) is 5.92 Å². The van der Waals surface area contributed by atoms with Gasteiger partial charge >= 0.3 is 6.61 Å². The lowest BCUT2D eigenvalue weighted by molar-refractivity contribution is -0.123. The number of imidazole rings is 1. The second-order valence-corrected chi connectivity index (χ2v) is 6.68. The highest BCUT2D eigenvalue weighted by Gasteiger charge is 2.44. The average Bonchev–Trinajstić information content (AvgIpc) is 3.25. The lowest BCUT2D eigenvalue weighted by atomic mass is 10.0. The number of ether oxygens (including phenoxy) is 1. The van der Waals surface area contributed by atoms with Crippen molar-refractivity contribution in [1.29, 1.82) is 0 Å². The zero-order valence-electron chi connectivity index (χ0n) is 13.6. The van der Waals surface area contributed by atoms with Gasteiger partial charge in [0.25, 0.3) is 0 Å². The summed E-state index contributed by atoms with van der Waals surface area (Å²) >= 11 is 0. The number of rotatable bonds is 5. The molecule has 0 spiro atoms. The maximum atomic E-state index is 12.5. The number of carbonyl (C=O) groups is 1. The van der Waals surface area contributed by atoms with Gasteiger partial charge in [-0.2, -0.15) is 8.78 Å². The minimum absolute atomic E-state index is 0.0361. The number of hydrogen-bond acceptors (Lipinski definition) is 3. The van der Waals surface area contributed by atoms with Crippen LogP contribution in [-0.2, 0) is 17.8 Å². The van der Waals surface area contributed by atoms with Gasteiger partial charge < -0.3 is 14.6 Å². The number of amides is 1. The Morgan fingerprint density at radius 3 is 2.88 bits per heavy atom. The monoisotopic (exact) mass is 347 g/mol. The van der Waals surface area contributed by atoms with Gasteiger partial charge in [0.2, 0.25) is 5.91 Å². The van der Waals surface area contributed by atoms with Crippen molar-refractivity contribution < 1.29 is 18.3 Å². The fourth-order valence-corrected chi connectivity index (χ4v) is 3.55. The van der Waals surface area contributed by atoms with E-state index in [2.05, 4.69) is 19.6 Å². The standard InChI is InChI=1S/C18H19F2N3O2/c19-18(20)25-14-5-1-11(2-6-14)15-7-16(15)17(24)22-12-3-4-13-8-21-10-23(13)9-12/h1-2,5-6,8,10,12,15-16,18H,3-4,7,9H2,(H,22,24)/t12?,15-,16+/m0/s1. The highest BCUT2D eigenvalue weighted by atomic mass is 19.3. The number of nitrogens with one attached hydrogen (secondary N) is 1. The summed E-state index contributed by atoms with van der Waals surface area (Å²) in [6.07, 6.45) is 6.32. The maximum absolute atomic E-state index is 12.5. The van der Waals surface area contributed by atoms with Crippen LogP contribution in [0.25, 0.3) is 0 Å². The summed E-state index contributed by atoms with van der Waals surface area (Å²) in [6.45, 7) is -2.06. The number of alkyl halides is 2. The predicted octanol–water partition coefficient (Wildman–Crippen LogP) is 2.72. The van der Waals surface area contributed by atoms with E-state index in [9.17, 15) is 13.6 Å². The summed E-state index contributed by atoms with van der Waals surface area (Å²) in [7, 11) is 0. The Morgan fingerprint density at radius 2 is 2.12 bits per heavy atom. The number of halogens is 2. The van der Waals surface area contributed by atoms with Gasteiger partial charge in [-0.1, -0.05) is 12.1 Å². The Labute approximate surface area is 144 Å². The van der Waals surface area contributed by atoms with Crippen LogP contribution in [0, 0.1) is 5.92 Å². The summed E-state index contributed by atoms with van der Waals surface area (Å²) in [6, 6.07) is 6.70. The molecule has 1 N–H and O–H groups in total. The molecule has 1 amide bonds. The maximum Gasteiger partial charge on any atom is 0.387 e. The van der Waals surface area contributed by atoms with Crippen molar-refractivity contribution in [2.45, 2.75) is 44.4 Å². The van der Waals surface area contributed by atoms with E-state index in [1.54, 1.807) is 18.5 Å². The minimum Gasteiger partial charge on any atom is -0.435 e. The SMILES string of the molecule is O=C(NC1CCc2cncn2C1)[C@@H]1C[C@H]1c1ccc(OC(F)F)cc1. The molecule has 2 aromatic rings. The molecule has 0 saturated heterocycles. The van der Waals surface area contributed by atoms with E-state index in [1.807, 2.05) is 6.20 Å². The van der Waals surface area contributed by atoms with Gasteiger partial charge in [-0.25, -0.2) is 4.98 Å².